The molecule has 2 aromatic rings. The zero-order valence-corrected chi connectivity index (χ0v) is 19.9. The number of imide groups is 1. The number of ketones is 2. The lowest BCUT2D eigenvalue weighted by Gasteiger charge is -2.46. The molecule has 9 nitrogen and oxygen atoms in total. The molecule has 1 aliphatic heterocycles. The topological polar surface area (TPSA) is 146 Å². The van der Waals surface area contributed by atoms with Crippen molar-refractivity contribution in [3.8, 4) is 11.8 Å². The summed E-state index contributed by atoms with van der Waals surface area (Å²) in [6.45, 7) is 0. The first kappa shape index (κ1) is 25.4. The van der Waals surface area contributed by atoms with E-state index in [9.17, 15) is 37.4 Å². The first-order chi connectivity index (χ1) is 17.1. The molecule has 2 atom stereocenters. The minimum Gasteiger partial charge on any atom is -0.292 e. The Morgan fingerprint density at radius 3 is 1.89 bits per heavy atom. The molecule has 10 heteroatoms. The van der Waals surface area contributed by atoms with Gasteiger partial charge < -0.3 is 0 Å². The van der Waals surface area contributed by atoms with Crippen LogP contribution in [0.1, 0.15) is 52.8 Å². The predicted molar refractivity (Wildman–Crippen MR) is 126 cm³/mol. The quantitative estimate of drug-likeness (QED) is 0.151. The number of Topliss-reactive ketones (excluding diaryl/α,β-unsaturated/α-hetero) is 2. The van der Waals surface area contributed by atoms with Gasteiger partial charge in [-0.25, -0.2) is 0 Å². The zero-order valence-electron chi connectivity index (χ0n) is 19.1. The van der Waals surface area contributed by atoms with Crippen LogP contribution in [-0.2, 0) is 19.7 Å². The second-order valence-electron chi connectivity index (χ2n) is 8.81. The minimum atomic E-state index is -5.46. The Morgan fingerprint density at radius 1 is 0.917 bits per heavy atom. The summed E-state index contributed by atoms with van der Waals surface area (Å²) in [5.74, 6) is -1.10. The molecule has 4 rings (SSSR count). The molecular formula is C26H23NO8S. The lowest BCUT2D eigenvalue weighted by molar-refractivity contribution is -0.172. The van der Waals surface area contributed by atoms with Gasteiger partial charge in [-0.3, -0.25) is 28.9 Å². The predicted octanol–water partition coefficient (Wildman–Crippen LogP) is 2.71. The molecule has 2 unspecified atom stereocenters. The van der Waals surface area contributed by atoms with Crippen LogP contribution in [0.15, 0.2) is 60.7 Å². The summed E-state index contributed by atoms with van der Waals surface area (Å²) in [5.41, 5.74) is -2.93. The van der Waals surface area contributed by atoms with E-state index < -0.39 is 62.4 Å². The third kappa shape index (κ3) is 3.76. The summed E-state index contributed by atoms with van der Waals surface area (Å²) < 4.78 is 34.8. The fraction of sp³-hybridized carbons (Fsp3) is 0.308. The standard InChI is InChI=1S/C26H23NO8S/c28-21-17-20(24(31)27(21)32)26(36(33,34)35)16-10-2-1-9-15-25(26,22(29)18-11-5-3-6-12-18)23(30)19-13-7-4-8-14-19/h3-8,11-14,20,32H,1-2,10,16-17H2,(H,33,34,35). The van der Waals surface area contributed by atoms with E-state index in [0.717, 1.165) is 0 Å². The molecule has 2 aliphatic rings. The maximum Gasteiger partial charge on any atom is 0.273 e. The molecule has 0 radical (unpaired) electrons. The van der Waals surface area contributed by atoms with E-state index in [4.69, 9.17) is 0 Å². The highest BCUT2D eigenvalue weighted by Gasteiger charge is 2.73. The Balaban J connectivity index is 2.17. The molecule has 1 saturated heterocycles. The lowest BCUT2D eigenvalue weighted by Crippen LogP contribution is -2.66. The summed E-state index contributed by atoms with van der Waals surface area (Å²) in [5, 5.41) is 9.78. The number of nitrogens with zero attached hydrogens (tertiary/aromatic N) is 1. The van der Waals surface area contributed by atoms with Crippen LogP contribution in [0.3, 0.4) is 0 Å². The van der Waals surface area contributed by atoms with E-state index in [1.807, 2.05) is 0 Å². The molecule has 2 aromatic carbocycles. The molecule has 0 saturated carbocycles. The van der Waals surface area contributed by atoms with Crippen LogP contribution in [-0.4, -0.2) is 51.4 Å². The van der Waals surface area contributed by atoms with Crippen molar-refractivity contribution in [2.45, 2.75) is 36.9 Å². The van der Waals surface area contributed by atoms with Gasteiger partial charge in [0.2, 0.25) is 0 Å². The Hall–Kier alpha value is -3.65. The molecule has 1 fully saturated rings. The molecule has 186 valence electrons. The Kier molecular flexibility index (Phi) is 6.66. The van der Waals surface area contributed by atoms with Crippen LogP contribution in [0.4, 0.5) is 0 Å². The van der Waals surface area contributed by atoms with Crippen molar-refractivity contribution in [2.75, 3.05) is 0 Å². The Bertz CT molecular complexity index is 1340. The van der Waals surface area contributed by atoms with Crippen molar-refractivity contribution in [1.82, 2.24) is 5.06 Å². The Labute approximate surface area is 207 Å². The van der Waals surface area contributed by atoms with Crippen molar-refractivity contribution in [2.24, 2.45) is 11.3 Å². The zero-order chi connectivity index (χ0) is 26.1. The van der Waals surface area contributed by atoms with Gasteiger partial charge in [-0.15, -0.1) is 5.92 Å². The van der Waals surface area contributed by atoms with Crippen molar-refractivity contribution >= 4 is 33.5 Å². The third-order valence-electron chi connectivity index (χ3n) is 6.91. The van der Waals surface area contributed by atoms with E-state index in [-0.39, 0.29) is 29.0 Å². The van der Waals surface area contributed by atoms with Crippen LogP contribution in [0.5, 0.6) is 0 Å². The summed E-state index contributed by atoms with van der Waals surface area (Å²) >= 11 is 0. The first-order valence-electron chi connectivity index (χ1n) is 11.3. The van der Waals surface area contributed by atoms with Gasteiger partial charge in [0, 0.05) is 24.0 Å². The number of carbonyl (C=O) groups excluding carboxylic acids is 4. The summed E-state index contributed by atoms with van der Waals surface area (Å²) in [4.78, 5) is 54.0. The largest absolute Gasteiger partial charge is 0.292 e. The molecule has 36 heavy (non-hydrogen) atoms. The number of benzene rings is 2. The highest BCUT2D eigenvalue weighted by Crippen LogP contribution is 2.53. The number of amides is 2. The molecule has 1 aliphatic carbocycles. The molecular weight excluding hydrogens is 486 g/mol. The molecule has 0 bridgehead atoms. The fourth-order valence-corrected chi connectivity index (χ4v) is 6.79. The SMILES string of the molecule is O=C1CC(C2(S(=O)(=O)O)CCCCC#CC2(C(=O)c2ccccc2)C(=O)c2ccccc2)C(=O)N1O. The van der Waals surface area contributed by atoms with Crippen molar-refractivity contribution < 1.29 is 37.4 Å². The summed E-state index contributed by atoms with van der Waals surface area (Å²) in [6.07, 6.45) is -0.685. The van der Waals surface area contributed by atoms with Crippen LogP contribution in [0, 0.1) is 23.2 Å². The summed E-state index contributed by atoms with van der Waals surface area (Å²) in [7, 11) is -5.46. The van der Waals surface area contributed by atoms with Gasteiger partial charge in [0.15, 0.2) is 17.0 Å². The van der Waals surface area contributed by atoms with Gasteiger partial charge in [-0.05, 0) is 12.8 Å². The molecule has 0 spiro atoms. The van der Waals surface area contributed by atoms with Crippen LogP contribution in [0.25, 0.3) is 0 Å². The van der Waals surface area contributed by atoms with Gasteiger partial charge >= 0.3 is 0 Å². The van der Waals surface area contributed by atoms with E-state index in [2.05, 4.69) is 11.8 Å². The van der Waals surface area contributed by atoms with Crippen molar-refractivity contribution in [3.05, 3.63) is 71.8 Å². The van der Waals surface area contributed by atoms with Gasteiger partial charge in [0.05, 0.1) is 5.92 Å². The van der Waals surface area contributed by atoms with E-state index >= 15 is 0 Å². The van der Waals surface area contributed by atoms with Gasteiger partial charge in [0.1, 0.15) is 4.75 Å². The third-order valence-corrected chi connectivity index (χ3v) is 8.62. The second kappa shape index (κ2) is 9.43. The number of carbonyl (C=O) groups is 4. The number of hydrogen-bond donors (Lipinski definition) is 2. The van der Waals surface area contributed by atoms with E-state index in [1.54, 1.807) is 12.1 Å². The number of hydrogen-bond acceptors (Lipinski definition) is 7. The number of hydroxylamine groups is 2. The maximum absolute atomic E-state index is 14.3. The van der Waals surface area contributed by atoms with Crippen LogP contribution >= 0.6 is 0 Å². The normalized spacial score (nSPS) is 23.8. The molecule has 1 heterocycles. The molecule has 2 amide bonds. The van der Waals surface area contributed by atoms with Crippen molar-refractivity contribution in [1.29, 1.82) is 0 Å². The van der Waals surface area contributed by atoms with Crippen LogP contribution < -0.4 is 0 Å². The highest BCUT2D eigenvalue weighted by atomic mass is 32.2. The Morgan fingerprint density at radius 2 is 1.44 bits per heavy atom. The number of rotatable bonds is 6. The van der Waals surface area contributed by atoms with Crippen LogP contribution in [0.2, 0.25) is 0 Å². The van der Waals surface area contributed by atoms with E-state index in [1.165, 1.54) is 48.5 Å². The fourth-order valence-electron chi connectivity index (χ4n) is 5.22. The molecule has 2 N–H and O–H groups in total. The van der Waals surface area contributed by atoms with Gasteiger partial charge in [-0.2, -0.15) is 13.5 Å². The monoisotopic (exact) mass is 509 g/mol. The average Bonchev–Trinajstić information content (AvgIpc) is 3.11. The smallest absolute Gasteiger partial charge is 0.273 e. The highest BCUT2D eigenvalue weighted by molar-refractivity contribution is 7.87. The first-order valence-corrected chi connectivity index (χ1v) is 12.7. The maximum atomic E-state index is 14.3. The minimum absolute atomic E-state index is 0.0673. The second-order valence-corrected chi connectivity index (χ2v) is 10.5. The van der Waals surface area contributed by atoms with Gasteiger partial charge in [0.25, 0.3) is 21.9 Å². The van der Waals surface area contributed by atoms with Gasteiger partial charge in [-0.1, -0.05) is 73.0 Å². The molecule has 0 aromatic heterocycles. The average molecular weight is 510 g/mol. The van der Waals surface area contributed by atoms with Crippen molar-refractivity contribution in [3.63, 3.8) is 0 Å². The van der Waals surface area contributed by atoms with E-state index in [0.29, 0.717) is 6.42 Å². The summed E-state index contributed by atoms with van der Waals surface area (Å²) in [6, 6.07) is 14.8. The lowest BCUT2D eigenvalue weighted by atomic mass is 9.59.